The minimum atomic E-state index is -3.47. The van der Waals surface area contributed by atoms with Gasteiger partial charge in [-0.15, -0.1) is 12.4 Å². The number of anilines is 1. The van der Waals surface area contributed by atoms with Crippen molar-refractivity contribution in [1.29, 1.82) is 0 Å². The lowest BCUT2D eigenvalue weighted by Crippen LogP contribution is -2.55. The lowest BCUT2D eigenvalue weighted by Gasteiger charge is -2.34. The van der Waals surface area contributed by atoms with E-state index in [1.54, 1.807) is 6.07 Å². The molecule has 1 amide bonds. The number of nitrogens with one attached hydrogen (secondary N) is 2. The van der Waals surface area contributed by atoms with Gasteiger partial charge in [0, 0.05) is 11.9 Å². The van der Waals surface area contributed by atoms with Gasteiger partial charge in [0.1, 0.15) is 0 Å². The summed E-state index contributed by atoms with van der Waals surface area (Å²) in [5.41, 5.74) is 1.65. The quantitative estimate of drug-likeness (QED) is 0.880. The fourth-order valence-electron chi connectivity index (χ4n) is 2.56. The van der Waals surface area contributed by atoms with Gasteiger partial charge in [-0.2, -0.15) is 0 Å². The van der Waals surface area contributed by atoms with Crippen molar-refractivity contribution in [3.8, 4) is 0 Å². The molecule has 7 heteroatoms. The van der Waals surface area contributed by atoms with Crippen molar-refractivity contribution in [2.75, 3.05) is 24.7 Å². The fourth-order valence-corrected chi connectivity index (χ4v) is 3.90. The molecule has 21 heavy (non-hydrogen) atoms. The molecule has 0 aromatic heterocycles. The Morgan fingerprint density at radius 2 is 1.90 bits per heavy atom. The van der Waals surface area contributed by atoms with E-state index in [2.05, 4.69) is 10.6 Å². The molecule has 1 aliphatic rings. The summed E-state index contributed by atoms with van der Waals surface area (Å²) in [6, 6.07) is 7.35. The van der Waals surface area contributed by atoms with E-state index in [0.29, 0.717) is 31.6 Å². The third-order valence-electron chi connectivity index (χ3n) is 3.81. The second kappa shape index (κ2) is 6.77. The van der Waals surface area contributed by atoms with Crippen molar-refractivity contribution >= 4 is 33.8 Å². The molecule has 1 aliphatic heterocycles. The van der Waals surface area contributed by atoms with Crippen molar-refractivity contribution in [3.05, 3.63) is 29.8 Å². The maximum absolute atomic E-state index is 12.5. The van der Waals surface area contributed by atoms with E-state index in [1.165, 1.54) is 0 Å². The number of piperidine rings is 1. The van der Waals surface area contributed by atoms with Gasteiger partial charge in [-0.1, -0.05) is 12.1 Å². The third kappa shape index (κ3) is 3.75. The largest absolute Gasteiger partial charge is 0.325 e. The van der Waals surface area contributed by atoms with Crippen LogP contribution in [0.25, 0.3) is 0 Å². The highest BCUT2D eigenvalue weighted by Crippen LogP contribution is 2.29. The minimum Gasteiger partial charge on any atom is -0.325 e. The molecular weight excluding hydrogens is 312 g/mol. The number of hydrogen-bond acceptors (Lipinski definition) is 4. The Hall–Kier alpha value is -1.11. The first-order valence-corrected chi connectivity index (χ1v) is 8.53. The van der Waals surface area contributed by atoms with Crippen LogP contribution in [0.15, 0.2) is 24.3 Å². The summed E-state index contributed by atoms with van der Waals surface area (Å²) < 4.78 is 22.9. The van der Waals surface area contributed by atoms with E-state index in [-0.39, 0.29) is 12.4 Å². The highest BCUT2D eigenvalue weighted by atomic mass is 35.5. The molecular formula is C14H21ClN2O3S. The summed E-state index contributed by atoms with van der Waals surface area (Å²) in [5, 5.41) is 5.85. The number of hydrogen-bond donors (Lipinski definition) is 2. The monoisotopic (exact) mass is 332 g/mol. The van der Waals surface area contributed by atoms with E-state index in [9.17, 15) is 13.2 Å². The summed E-state index contributed by atoms with van der Waals surface area (Å²) in [4.78, 5) is 12.5. The van der Waals surface area contributed by atoms with Crippen LogP contribution in [0.3, 0.4) is 0 Å². The zero-order valence-electron chi connectivity index (χ0n) is 12.2. The highest BCUT2D eigenvalue weighted by Gasteiger charge is 2.48. The Labute approximate surface area is 131 Å². The third-order valence-corrected chi connectivity index (χ3v) is 5.82. The maximum Gasteiger partial charge on any atom is 0.245 e. The van der Waals surface area contributed by atoms with Crippen LogP contribution in [0, 0.1) is 6.92 Å². The molecule has 1 fully saturated rings. The summed E-state index contributed by atoms with van der Waals surface area (Å²) in [7, 11) is -3.47. The molecule has 1 aromatic rings. The number of benzene rings is 1. The Kier molecular flexibility index (Phi) is 5.78. The SMILES string of the molecule is Cc1cccc(NC(=O)C2(S(C)(=O)=O)CCNCC2)c1.Cl. The lowest BCUT2D eigenvalue weighted by atomic mass is 9.95. The van der Waals surface area contributed by atoms with E-state index in [1.807, 2.05) is 25.1 Å². The van der Waals surface area contributed by atoms with E-state index < -0.39 is 20.5 Å². The molecule has 1 heterocycles. The number of carbonyl (C=O) groups is 1. The standard InChI is InChI=1S/C14H20N2O3S.ClH/c1-11-4-3-5-12(10-11)16-13(17)14(20(2,18)19)6-8-15-9-7-14;/h3-5,10,15H,6-9H2,1-2H3,(H,16,17);1H. The average molecular weight is 333 g/mol. The molecule has 0 aliphatic carbocycles. The Bertz CT molecular complexity index is 610. The van der Waals surface area contributed by atoms with Gasteiger partial charge in [0.15, 0.2) is 14.6 Å². The van der Waals surface area contributed by atoms with Gasteiger partial charge in [-0.05, 0) is 50.6 Å². The molecule has 2 rings (SSSR count). The number of halogens is 1. The summed E-state index contributed by atoms with van der Waals surface area (Å²) in [6.45, 7) is 3.00. The minimum absolute atomic E-state index is 0. The topological polar surface area (TPSA) is 75.3 Å². The smallest absolute Gasteiger partial charge is 0.245 e. The first-order chi connectivity index (χ1) is 9.35. The van der Waals surface area contributed by atoms with Crippen LogP contribution in [0.2, 0.25) is 0 Å². The van der Waals surface area contributed by atoms with E-state index in [0.717, 1.165) is 11.8 Å². The van der Waals surface area contributed by atoms with Crippen LogP contribution in [0.5, 0.6) is 0 Å². The van der Waals surface area contributed by atoms with Crippen molar-refractivity contribution in [2.45, 2.75) is 24.5 Å². The summed E-state index contributed by atoms with van der Waals surface area (Å²) >= 11 is 0. The van der Waals surface area contributed by atoms with Crippen molar-refractivity contribution in [1.82, 2.24) is 5.32 Å². The van der Waals surface area contributed by atoms with Crippen LogP contribution >= 0.6 is 12.4 Å². The van der Waals surface area contributed by atoms with Crippen LogP contribution in [-0.4, -0.2) is 38.4 Å². The Morgan fingerprint density at radius 3 is 2.43 bits per heavy atom. The van der Waals surface area contributed by atoms with Crippen molar-refractivity contribution in [3.63, 3.8) is 0 Å². The predicted octanol–water partition coefficient (Wildman–Crippen LogP) is 1.52. The predicted molar refractivity (Wildman–Crippen MR) is 86.7 cm³/mol. The lowest BCUT2D eigenvalue weighted by molar-refractivity contribution is -0.119. The number of aryl methyl sites for hydroxylation is 1. The van der Waals surface area contributed by atoms with E-state index in [4.69, 9.17) is 0 Å². The molecule has 1 saturated heterocycles. The fraction of sp³-hybridized carbons (Fsp3) is 0.500. The second-order valence-corrected chi connectivity index (χ2v) is 7.67. The molecule has 0 bridgehead atoms. The average Bonchev–Trinajstić information content (AvgIpc) is 2.38. The van der Waals surface area contributed by atoms with Gasteiger partial charge >= 0.3 is 0 Å². The molecule has 2 N–H and O–H groups in total. The highest BCUT2D eigenvalue weighted by molar-refractivity contribution is 7.92. The van der Waals surface area contributed by atoms with Gasteiger partial charge in [-0.3, -0.25) is 4.79 Å². The van der Waals surface area contributed by atoms with Gasteiger partial charge in [0.2, 0.25) is 5.91 Å². The molecule has 0 unspecified atom stereocenters. The molecule has 0 radical (unpaired) electrons. The van der Waals surface area contributed by atoms with Crippen molar-refractivity contribution < 1.29 is 13.2 Å². The van der Waals surface area contributed by atoms with Crippen LogP contribution in [-0.2, 0) is 14.6 Å². The van der Waals surface area contributed by atoms with E-state index >= 15 is 0 Å². The molecule has 5 nitrogen and oxygen atoms in total. The van der Waals surface area contributed by atoms with Gasteiger partial charge < -0.3 is 10.6 Å². The number of rotatable bonds is 3. The Balaban J connectivity index is 0.00000220. The first kappa shape index (κ1) is 17.9. The number of sulfone groups is 1. The molecule has 1 aromatic carbocycles. The molecule has 118 valence electrons. The van der Waals surface area contributed by atoms with Gasteiger partial charge in [0.05, 0.1) is 0 Å². The van der Waals surface area contributed by atoms with Crippen LogP contribution in [0.4, 0.5) is 5.69 Å². The second-order valence-electron chi connectivity index (χ2n) is 5.34. The molecule has 0 spiro atoms. The summed E-state index contributed by atoms with van der Waals surface area (Å²) in [6.07, 6.45) is 1.76. The zero-order chi connectivity index (χ0) is 14.8. The van der Waals surface area contributed by atoms with Gasteiger partial charge in [-0.25, -0.2) is 8.42 Å². The normalized spacial score (nSPS) is 17.6. The number of carbonyl (C=O) groups excluding carboxylic acids is 1. The maximum atomic E-state index is 12.5. The molecule has 0 atom stereocenters. The zero-order valence-corrected chi connectivity index (χ0v) is 13.8. The van der Waals surface area contributed by atoms with Crippen LogP contribution in [0.1, 0.15) is 18.4 Å². The van der Waals surface area contributed by atoms with Gasteiger partial charge in [0.25, 0.3) is 0 Å². The first-order valence-electron chi connectivity index (χ1n) is 6.64. The van der Waals surface area contributed by atoms with Crippen LogP contribution < -0.4 is 10.6 Å². The van der Waals surface area contributed by atoms with Crippen molar-refractivity contribution in [2.24, 2.45) is 0 Å². The number of amides is 1. The summed E-state index contributed by atoms with van der Waals surface area (Å²) in [5.74, 6) is -0.424. The Morgan fingerprint density at radius 1 is 1.29 bits per heavy atom. The molecule has 0 saturated carbocycles.